The van der Waals surface area contributed by atoms with Crippen molar-refractivity contribution >= 4 is 5.95 Å². The number of tetrazole rings is 1. The zero-order valence-electron chi connectivity index (χ0n) is 13.0. The van der Waals surface area contributed by atoms with Gasteiger partial charge >= 0.3 is 0 Å². The molecule has 6 nitrogen and oxygen atoms in total. The van der Waals surface area contributed by atoms with E-state index in [4.69, 9.17) is 4.74 Å². The Morgan fingerprint density at radius 1 is 1.23 bits per heavy atom. The van der Waals surface area contributed by atoms with Crippen LogP contribution in [0.4, 0.5) is 5.95 Å². The molecule has 0 radical (unpaired) electrons. The van der Waals surface area contributed by atoms with Gasteiger partial charge in [-0.3, -0.25) is 0 Å². The van der Waals surface area contributed by atoms with Gasteiger partial charge in [0.25, 0.3) is 0 Å². The normalized spacial score (nSPS) is 21.7. The van der Waals surface area contributed by atoms with Crippen LogP contribution in [0, 0.1) is 5.92 Å². The highest BCUT2D eigenvalue weighted by Gasteiger charge is 2.21. The van der Waals surface area contributed by atoms with Crippen molar-refractivity contribution in [2.45, 2.75) is 38.7 Å². The summed E-state index contributed by atoms with van der Waals surface area (Å²) in [6.45, 7) is 3.67. The molecule has 1 aliphatic carbocycles. The minimum absolute atomic E-state index is 0.403. The Bertz CT molecular complexity index is 571. The van der Waals surface area contributed by atoms with E-state index in [2.05, 4.69) is 27.8 Å². The summed E-state index contributed by atoms with van der Waals surface area (Å²) in [4.78, 5) is 0. The molecule has 0 spiro atoms. The molecule has 118 valence electrons. The largest absolute Gasteiger partial charge is 0.376 e. The van der Waals surface area contributed by atoms with Gasteiger partial charge in [0, 0.05) is 6.54 Å². The van der Waals surface area contributed by atoms with Crippen LogP contribution in [0.5, 0.6) is 0 Å². The SMILES string of the molecule is C[C@H]1CCCC[C@H]1OCCNc1nnnn1-c1ccccc1. The fraction of sp³-hybridized carbons (Fsp3) is 0.562. The standard InChI is InChI=1S/C16H23N5O/c1-13-7-5-6-10-15(13)22-12-11-17-16-18-19-20-21(16)14-8-3-2-4-9-14/h2-4,8-9,13,15H,5-7,10-12H2,1H3,(H,17,18,20)/t13-,15+/m0/s1. The van der Waals surface area contributed by atoms with Crippen LogP contribution in [0.1, 0.15) is 32.6 Å². The van der Waals surface area contributed by atoms with Crippen molar-refractivity contribution in [2.24, 2.45) is 5.92 Å². The number of ether oxygens (including phenoxy) is 1. The fourth-order valence-electron chi connectivity index (χ4n) is 2.94. The van der Waals surface area contributed by atoms with Gasteiger partial charge in [-0.2, -0.15) is 4.68 Å². The topological polar surface area (TPSA) is 64.9 Å². The van der Waals surface area contributed by atoms with Crippen LogP contribution in [0.3, 0.4) is 0 Å². The zero-order valence-corrected chi connectivity index (χ0v) is 13.0. The maximum absolute atomic E-state index is 6.00. The number of nitrogens with one attached hydrogen (secondary N) is 1. The number of rotatable bonds is 6. The lowest BCUT2D eigenvalue weighted by atomic mass is 9.88. The quantitative estimate of drug-likeness (QED) is 0.831. The molecule has 1 N–H and O–H groups in total. The van der Waals surface area contributed by atoms with Crippen molar-refractivity contribution < 1.29 is 4.74 Å². The molecule has 2 aromatic rings. The molecule has 1 aromatic heterocycles. The van der Waals surface area contributed by atoms with Crippen LogP contribution >= 0.6 is 0 Å². The van der Waals surface area contributed by atoms with Gasteiger partial charge < -0.3 is 10.1 Å². The molecule has 0 saturated heterocycles. The Kier molecular flexibility index (Phi) is 5.00. The summed E-state index contributed by atoms with van der Waals surface area (Å²) in [5, 5.41) is 15.0. The summed E-state index contributed by atoms with van der Waals surface area (Å²) in [7, 11) is 0. The molecular weight excluding hydrogens is 278 g/mol. The highest BCUT2D eigenvalue weighted by atomic mass is 16.5. The summed E-state index contributed by atoms with van der Waals surface area (Å²) in [6, 6.07) is 9.85. The van der Waals surface area contributed by atoms with E-state index in [1.807, 2.05) is 30.3 Å². The van der Waals surface area contributed by atoms with E-state index in [0.29, 0.717) is 31.1 Å². The van der Waals surface area contributed by atoms with Crippen molar-refractivity contribution in [3.05, 3.63) is 30.3 Å². The molecule has 0 unspecified atom stereocenters. The van der Waals surface area contributed by atoms with Crippen LogP contribution in [0.15, 0.2) is 30.3 Å². The number of anilines is 1. The van der Waals surface area contributed by atoms with E-state index in [-0.39, 0.29) is 0 Å². The van der Waals surface area contributed by atoms with Crippen LogP contribution in [-0.4, -0.2) is 39.5 Å². The molecular formula is C16H23N5O. The van der Waals surface area contributed by atoms with Crippen molar-refractivity contribution in [3.63, 3.8) is 0 Å². The summed E-state index contributed by atoms with van der Waals surface area (Å²) in [5.41, 5.74) is 0.942. The van der Waals surface area contributed by atoms with Gasteiger partial charge in [0.1, 0.15) is 0 Å². The molecule has 1 aliphatic rings. The van der Waals surface area contributed by atoms with Gasteiger partial charge in [-0.25, -0.2) is 0 Å². The smallest absolute Gasteiger partial charge is 0.247 e. The van der Waals surface area contributed by atoms with Crippen LogP contribution < -0.4 is 5.32 Å². The van der Waals surface area contributed by atoms with Crippen LogP contribution in [0.25, 0.3) is 5.69 Å². The lowest BCUT2D eigenvalue weighted by molar-refractivity contribution is 0.000342. The lowest BCUT2D eigenvalue weighted by Crippen LogP contribution is -2.27. The first kappa shape index (κ1) is 15.0. The Morgan fingerprint density at radius 2 is 2.05 bits per heavy atom. The zero-order chi connectivity index (χ0) is 15.2. The number of nitrogens with zero attached hydrogens (tertiary/aromatic N) is 4. The Labute approximate surface area is 130 Å². The molecule has 22 heavy (non-hydrogen) atoms. The average Bonchev–Trinajstić information content (AvgIpc) is 3.02. The molecule has 1 heterocycles. The van der Waals surface area contributed by atoms with E-state index in [9.17, 15) is 0 Å². The molecule has 1 aromatic carbocycles. The maximum atomic E-state index is 6.00. The molecule has 1 fully saturated rings. The summed E-state index contributed by atoms with van der Waals surface area (Å²) >= 11 is 0. The predicted molar refractivity (Wildman–Crippen MR) is 85.0 cm³/mol. The minimum Gasteiger partial charge on any atom is -0.376 e. The predicted octanol–water partition coefficient (Wildman–Crippen LogP) is 2.67. The van der Waals surface area contributed by atoms with Gasteiger partial charge in [-0.05, 0) is 41.3 Å². The average molecular weight is 301 g/mol. The van der Waals surface area contributed by atoms with Gasteiger partial charge in [-0.15, -0.1) is 0 Å². The van der Waals surface area contributed by atoms with Crippen molar-refractivity contribution in [1.29, 1.82) is 0 Å². The third kappa shape index (κ3) is 3.62. The number of hydrogen-bond acceptors (Lipinski definition) is 5. The van der Waals surface area contributed by atoms with Crippen LogP contribution in [-0.2, 0) is 4.74 Å². The number of benzene rings is 1. The maximum Gasteiger partial charge on any atom is 0.247 e. The van der Waals surface area contributed by atoms with Gasteiger partial charge in [-0.1, -0.05) is 43.1 Å². The Balaban J connectivity index is 1.49. The van der Waals surface area contributed by atoms with E-state index >= 15 is 0 Å². The molecule has 3 rings (SSSR count). The highest BCUT2D eigenvalue weighted by Crippen LogP contribution is 2.26. The number of hydrogen-bond donors (Lipinski definition) is 1. The van der Waals surface area contributed by atoms with Gasteiger partial charge in [0.2, 0.25) is 5.95 Å². The molecule has 0 amide bonds. The molecule has 2 atom stereocenters. The van der Waals surface area contributed by atoms with Crippen LogP contribution in [0.2, 0.25) is 0 Å². The summed E-state index contributed by atoms with van der Waals surface area (Å²) < 4.78 is 7.70. The first-order valence-corrected chi connectivity index (χ1v) is 8.04. The molecule has 0 aliphatic heterocycles. The Morgan fingerprint density at radius 3 is 2.86 bits per heavy atom. The van der Waals surface area contributed by atoms with E-state index in [0.717, 1.165) is 5.69 Å². The van der Waals surface area contributed by atoms with Gasteiger partial charge in [0.15, 0.2) is 0 Å². The van der Waals surface area contributed by atoms with Gasteiger partial charge in [0.05, 0.1) is 18.4 Å². The van der Waals surface area contributed by atoms with Crippen molar-refractivity contribution in [3.8, 4) is 5.69 Å². The second-order valence-corrected chi connectivity index (χ2v) is 5.85. The highest BCUT2D eigenvalue weighted by molar-refractivity contribution is 5.38. The molecule has 6 heteroatoms. The fourth-order valence-corrected chi connectivity index (χ4v) is 2.94. The van der Waals surface area contributed by atoms with E-state index < -0.39 is 0 Å². The van der Waals surface area contributed by atoms with Crippen molar-refractivity contribution in [1.82, 2.24) is 20.2 Å². The van der Waals surface area contributed by atoms with E-state index in [1.54, 1.807) is 4.68 Å². The number of para-hydroxylation sites is 1. The first-order chi connectivity index (χ1) is 10.8. The second kappa shape index (κ2) is 7.35. The second-order valence-electron chi connectivity index (χ2n) is 5.85. The van der Waals surface area contributed by atoms with E-state index in [1.165, 1.54) is 25.7 Å². The number of aromatic nitrogens is 4. The first-order valence-electron chi connectivity index (χ1n) is 8.04. The Hall–Kier alpha value is -1.95. The van der Waals surface area contributed by atoms with Crippen molar-refractivity contribution in [2.75, 3.05) is 18.5 Å². The molecule has 0 bridgehead atoms. The summed E-state index contributed by atoms with van der Waals surface area (Å²) in [5.74, 6) is 1.31. The summed E-state index contributed by atoms with van der Waals surface area (Å²) in [6.07, 6.45) is 5.49. The third-order valence-corrected chi connectivity index (χ3v) is 4.22. The third-order valence-electron chi connectivity index (χ3n) is 4.22. The lowest BCUT2D eigenvalue weighted by Gasteiger charge is -2.28. The monoisotopic (exact) mass is 301 g/mol. The minimum atomic E-state index is 0.403. The molecule has 1 saturated carbocycles.